The highest BCUT2D eigenvalue weighted by molar-refractivity contribution is 5.74. The van der Waals surface area contributed by atoms with Gasteiger partial charge in [0.25, 0.3) is 0 Å². The van der Waals surface area contributed by atoms with Crippen LogP contribution in [0.4, 0.5) is 0 Å². The lowest BCUT2D eigenvalue weighted by Gasteiger charge is -2.17. The van der Waals surface area contributed by atoms with E-state index in [1.54, 1.807) is 6.33 Å². The lowest BCUT2D eigenvalue weighted by molar-refractivity contribution is -0.147. The Morgan fingerprint density at radius 2 is 2.19 bits per heavy atom. The average Bonchev–Trinajstić information content (AvgIpc) is 2.57. The molecule has 0 aliphatic heterocycles. The number of rotatable bonds is 5. The molecule has 0 N–H and O–H groups in total. The van der Waals surface area contributed by atoms with Crippen molar-refractivity contribution in [1.82, 2.24) is 9.55 Å². The van der Waals surface area contributed by atoms with Crippen LogP contribution in [0.5, 0.6) is 0 Å². The Bertz CT molecular complexity index is 358. The van der Waals surface area contributed by atoms with E-state index in [2.05, 4.69) is 11.9 Å². The first kappa shape index (κ1) is 12.7. The maximum absolute atomic E-state index is 11.8. The van der Waals surface area contributed by atoms with E-state index in [1.165, 1.54) is 0 Å². The van der Waals surface area contributed by atoms with E-state index in [-0.39, 0.29) is 12.0 Å². The fraction of sp³-hybridized carbons (Fsp3) is 0.667. The largest absolute Gasteiger partial charge is 0.464 e. The van der Waals surface area contributed by atoms with Crippen molar-refractivity contribution in [3.05, 3.63) is 17.7 Å². The number of nitrogens with zero attached hydrogens (tertiary/aromatic N) is 2. The van der Waals surface area contributed by atoms with E-state index in [4.69, 9.17) is 4.74 Å². The van der Waals surface area contributed by atoms with Gasteiger partial charge in [0.05, 0.1) is 18.6 Å². The summed E-state index contributed by atoms with van der Waals surface area (Å²) in [4.78, 5) is 16.0. The molecule has 1 aromatic heterocycles. The number of esters is 1. The molecule has 4 heteroatoms. The molecule has 0 spiro atoms. The number of carbonyl (C=O) groups excluding carboxylic acids is 1. The maximum atomic E-state index is 11.8. The van der Waals surface area contributed by atoms with E-state index in [0.717, 1.165) is 24.2 Å². The number of aryl methyl sites for hydroxylation is 1. The highest BCUT2D eigenvalue weighted by atomic mass is 16.5. The van der Waals surface area contributed by atoms with E-state index in [9.17, 15) is 4.79 Å². The summed E-state index contributed by atoms with van der Waals surface area (Å²) in [5, 5.41) is 0. The molecule has 0 radical (unpaired) electrons. The van der Waals surface area contributed by atoms with Crippen LogP contribution in [0.1, 0.15) is 44.1 Å². The molecule has 0 aliphatic rings. The van der Waals surface area contributed by atoms with Crippen LogP contribution in [0.2, 0.25) is 0 Å². The van der Waals surface area contributed by atoms with Gasteiger partial charge in [-0.1, -0.05) is 13.3 Å². The van der Waals surface area contributed by atoms with Gasteiger partial charge in [0.15, 0.2) is 0 Å². The maximum Gasteiger partial charge on any atom is 0.329 e. The molecule has 1 heterocycles. The third-order valence-corrected chi connectivity index (χ3v) is 2.74. The molecule has 0 saturated heterocycles. The van der Waals surface area contributed by atoms with Crippen LogP contribution in [-0.4, -0.2) is 22.1 Å². The van der Waals surface area contributed by atoms with Gasteiger partial charge in [-0.15, -0.1) is 0 Å². The summed E-state index contributed by atoms with van der Waals surface area (Å²) in [7, 11) is 0. The van der Waals surface area contributed by atoms with Crippen LogP contribution in [0.3, 0.4) is 0 Å². The number of carbonyl (C=O) groups is 1. The van der Waals surface area contributed by atoms with Gasteiger partial charge in [0.1, 0.15) is 6.04 Å². The first-order valence-electron chi connectivity index (χ1n) is 5.78. The van der Waals surface area contributed by atoms with Gasteiger partial charge in [-0.3, -0.25) is 0 Å². The summed E-state index contributed by atoms with van der Waals surface area (Å²) >= 11 is 0. The van der Waals surface area contributed by atoms with Gasteiger partial charge in [-0.2, -0.15) is 0 Å². The SMILES string of the molecule is CCCC(C(=O)OCC)n1cnc(C)c1C. The van der Waals surface area contributed by atoms with Crippen LogP contribution in [-0.2, 0) is 9.53 Å². The van der Waals surface area contributed by atoms with Crippen molar-refractivity contribution in [2.75, 3.05) is 6.61 Å². The number of hydrogen-bond acceptors (Lipinski definition) is 3. The van der Waals surface area contributed by atoms with Crippen LogP contribution < -0.4 is 0 Å². The normalized spacial score (nSPS) is 12.5. The molecular weight excluding hydrogens is 204 g/mol. The first-order valence-corrected chi connectivity index (χ1v) is 5.78. The summed E-state index contributed by atoms with van der Waals surface area (Å²) in [6.07, 6.45) is 3.46. The average molecular weight is 224 g/mol. The molecule has 0 bridgehead atoms. The molecule has 1 rings (SSSR count). The van der Waals surface area contributed by atoms with Gasteiger partial charge in [-0.05, 0) is 27.2 Å². The molecule has 90 valence electrons. The molecule has 0 saturated carbocycles. The Balaban J connectivity index is 2.93. The lowest BCUT2D eigenvalue weighted by Crippen LogP contribution is -2.22. The van der Waals surface area contributed by atoms with Gasteiger partial charge in [0, 0.05) is 5.69 Å². The molecule has 1 aromatic rings. The second-order valence-electron chi connectivity index (χ2n) is 3.88. The highest BCUT2D eigenvalue weighted by Crippen LogP contribution is 2.19. The Labute approximate surface area is 96.6 Å². The Kier molecular flexibility index (Phi) is 4.52. The van der Waals surface area contributed by atoms with Gasteiger partial charge >= 0.3 is 5.97 Å². The zero-order chi connectivity index (χ0) is 12.1. The predicted octanol–water partition coefficient (Wildman–Crippen LogP) is 2.40. The van der Waals surface area contributed by atoms with E-state index < -0.39 is 0 Å². The van der Waals surface area contributed by atoms with Crippen LogP contribution in [0.25, 0.3) is 0 Å². The molecule has 1 atom stereocenters. The van der Waals surface area contributed by atoms with Crippen molar-refractivity contribution in [1.29, 1.82) is 0 Å². The minimum absolute atomic E-state index is 0.162. The number of imidazole rings is 1. The topological polar surface area (TPSA) is 44.1 Å². The smallest absolute Gasteiger partial charge is 0.329 e. The third kappa shape index (κ3) is 2.62. The second kappa shape index (κ2) is 5.68. The molecule has 0 aliphatic carbocycles. The van der Waals surface area contributed by atoms with Crippen molar-refractivity contribution in [2.45, 2.75) is 46.6 Å². The monoisotopic (exact) mass is 224 g/mol. The number of hydrogen-bond donors (Lipinski definition) is 0. The molecule has 0 fully saturated rings. The highest BCUT2D eigenvalue weighted by Gasteiger charge is 2.22. The molecule has 4 nitrogen and oxygen atoms in total. The summed E-state index contributed by atoms with van der Waals surface area (Å²) in [6.45, 7) is 8.23. The molecular formula is C12H20N2O2. The zero-order valence-electron chi connectivity index (χ0n) is 10.5. The number of aromatic nitrogens is 2. The van der Waals surface area contributed by atoms with Crippen molar-refractivity contribution in [3.63, 3.8) is 0 Å². The molecule has 0 aromatic carbocycles. The van der Waals surface area contributed by atoms with Crippen molar-refractivity contribution in [3.8, 4) is 0 Å². The lowest BCUT2D eigenvalue weighted by atomic mass is 10.1. The summed E-state index contributed by atoms with van der Waals surface area (Å²) in [5.74, 6) is -0.162. The van der Waals surface area contributed by atoms with E-state index in [1.807, 2.05) is 25.3 Å². The fourth-order valence-electron chi connectivity index (χ4n) is 1.71. The van der Waals surface area contributed by atoms with Gasteiger partial charge in [-0.25, -0.2) is 9.78 Å². The first-order chi connectivity index (χ1) is 7.61. The Morgan fingerprint density at radius 3 is 2.62 bits per heavy atom. The van der Waals surface area contributed by atoms with E-state index >= 15 is 0 Å². The standard InChI is InChI=1S/C12H20N2O2/c1-5-7-11(12(15)16-6-2)14-8-13-9(3)10(14)4/h8,11H,5-7H2,1-4H3. The summed E-state index contributed by atoms with van der Waals surface area (Å²) in [5.41, 5.74) is 2.00. The molecule has 0 amide bonds. The Hall–Kier alpha value is -1.32. The second-order valence-corrected chi connectivity index (χ2v) is 3.88. The third-order valence-electron chi connectivity index (χ3n) is 2.74. The molecule has 16 heavy (non-hydrogen) atoms. The van der Waals surface area contributed by atoms with Crippen LogP contribution >= 0.6 is 0 Å². The fourth-order valence-corrected chi connectivity index (χ4v) is 1.71. The van der Waals surface area contributed by atoms with Crippen molar-refractivity contribution >= 4 is 5.97 Å². The summed E-state index contributed by atoms with van der Waals surface area (Å²) < 4.78 is 7.00. The quantitative estimate of drug-likeness (QED) is 0.721. The zero-order valence-corrected chi connectivity index (χ0v) is 10.5. The van der Waals surface area contributed by atoms with Gasteiger partial charge < -0.3 is 9.30 Å². The minimum Gasteiger partial charge on any atom is -0.464 e. The van der Waals surface area contributed by atoms with Crippen molar-refractivity contribution < 1.29 is 9.53 Å². The summed E-state index contributed by atoms with van der Waals surface area (Å²) in [6, 6.07) is -0.230. The van der Waals surface area contributed by atoms with Gasteiger partial charge in [0.2, 0.25) is 0 Å². The van der Waals surface area contributed by atoms with Crippen molar-refractivity contribution in [2.24, 2.45) is 0 Å². The Morgan fingerprint density at radius 1 is 1.50 bits per heavy atom. The van der Waals surface area contributed by atoms with E-state index in [0.29, 0.717) is 6.61 Å². The van der Waals surface area contributed by atoms with Crippen LogP contribution in [0.15, 0.2) is 6.33 Å². The minimum atomic E-state index is -0.230. The van der Waals surface area contributed by atoms with Crippen LogP contribution in [0, 0.1) is 13.8 Å². The molecule has 1 unspecified atom stereocenters. The predicted molar refractivity (Wildman–Crippen MR) is 62.3 cm³/mol. The number of ether oxygens (including phenoxy) is 1.